The molecule has 0 bridgehead atoms. The second-order valence-corrected chi connectivity index (χ2v) is 7.48. The van der Waals surface area contributed by atoms with Crippen LogP contribution in [0.1, 0.15) is 15.9 Å². The Hall–Kier alpha value is -1.83. The number of sulfonamides is 1. The van der Waals surface area contributed by atoms with E-state index in [4.69, 9.17) is 0 Å². The summed E-state index contributed by atoms with van der Waals surface area (Å²) in [5.41, 5.74) is 0.908. The van der Waals surface area contributed by atoms with E-state index >= 15 is 0 Å². The molecule has 0 aliphatic heterocycles. The summed E-state index contributed by atoms with van der Waals surface area (Å²) in [5.74, 6) is -1.30. The second kappa shape index (κ2) is 6.51. The molecule has 0 saturated heterocycles. The molecule has 5 nitrogen and oxygen atoms in total. The highest BCUT2D eigenvalue weighted by Crippen LogP contribution is 2.35. The quantitative estimate of drug-likeness (QED) is 0.892. The molecule has 0 fully saturated rings. The van der Waals surface area contributed by atoms with Crippen LogP contribution in [0.3, 0.4) is 0 Å². The molecule has 0 radical (unpaired) electrons. The summed E-state index contributed by atoms with van der Waals surface area (Å²) in [4.78, 5) is 12.2. The van der Waals surface area contributed by atoms with Crippen molar-refractivity contribution in [1.29, 1.82) is 0 Å². The van der Waals surface area contributed by atoms with Crippen LogP contribution in [0.4, 0.5) is 0 Å². The maximum Gasteiger partial charge on any atom is 0.241 e. The van der Waals surface area contributed by atoms with Gasteiger partial charge >= 0.3 is 0 Å². The highest BCUT2D eigenvalue weighted by atomic mass is 32.2. The highest BCUT2D eigenvalue weighted by Gasteiger charge is 2.18. The fourth-order valence-corrected chi connectivity index (χ4v) is 4.17. The van der Waals surface area contributed by atoms with Crippen LogP contribution in [0.2, 0.25) is 0 Å². The number of hydrogen-bond acceptors (Lipinski definition) is 5. The van der Waals surface area contributed by atoms with Gasteiger partial charge in [-0.1, -0.05) is 36.0 Å². The van der Waals surface area contributed by atoms with Crippen LogP contribution in [0.15, 0.2) is 57.2 Å². The molecule has 0 saturated carbocycles. The Kier molecular flexibility index (Phi) is 4.90. The molecular weight excluding hydrogens is 322 g/mol. The molecule has 0 unspecified atom stereocenters. The van der Waals surface area contributed by atoms with Crippen molar-refractivity contribution in [1.82, 2.24) is 4.72 Å². The van der Waals surface area contributed by atoms with E-state index in [-0.39, 0.29) is 10.5 Å². The van der Waals surface area contributed by atoms with Gasteiger partial charge in [-0.05, 0) is 37.7 Å². The molecule has 0 aromatic heterocycles. The van der Waals surface area contributed by atoms with Crippen LogP contribution in [0.25, 0.3) is 0 Å². The summed E-state index contributed by atoms with van der Waals surface area (Å²) in [5, 5.41) is 11.2. The summed E-state index contributed by atoms with van der Waals surface area (Å²) in [6, 6.07) is 11.2. The smallest absolute Gasteiger partial charge is 0.241 e. The fourth-order valence-electron chi connectivity index (χ4n) is 1.87. The molecule has 2 aromatic carbocycles. The van der Waals surface area contributed by atoms with Crippen LogP contribution >= 0.6 is 11.8 Å². The number of nitrogens with one attached hydrogen (secondary N) is 1. The third-order valence-corrected chi connectivity index (χ3v) is 5.72. The molecule has 22 heavy (non-hydrogen) atoms. The zero-order valence-corrected chi connectivity index (χ0v) is 13.6. The third-order valence-electron chi connectivity index (χ3n) is 2.98. The van der Waals surface area contributed by atoms with E-state index in [1.54, 1.807) is 30.3 Å². The number of carboxylic acids is 1. The first-order valence-electron chi connectivity index (χ1n) is 6.37. The van der Waals surface area contributed by atoms with E-state index in [9.17, 15) is 18.3 Å². The Bertz CT molecular complexity index is 816. The molecule has 0 aliphatic rings. The van der Waals surface area contributed by atoms with Crippen molar-refractivity contribution in [2.75, 3.05) is 7.05 Å². The summed E-state index contributed by atoms with van der Waals surface area (Å²) in [6.07, 6.45) is 0. The summed E-state index contributed by atoms with van der Waals surface area (Å²) in [6.45, 7) is 1.84. The van der Waals surface area contributed by atoms with E-state index in [1.165, 1.54) is 19.2 Å². The fraction of sp³-hybridized carbons (Fsp3) is 0.133. The van der Waals surface area contributed by atoms with Gasteiger partial charge in [0.1, 0.15) is 0 Å². The lowest BCUT2D eigenvalue weighted by molar-refractivity contribution is -0.255. The van der Waals surface area contributed by atoms with Gasteiger partial charge in [0.05, 0.1) is 10.9 Å². The molecule has 0 amide bonds. The zero-order valence-electron chi connectivity index (χ0n) is 12.0. The number of carboxylic acid groups (broad SMARTS) is 1. The number of benzene rings is 2. The molecular formula is C15H14NO4S2-. The topological polar surface area (TPSA) is 86.3 Å². The van der Waals surface area contributed by atoms with Crippen LogP contribution in [0, 0.1) is 6.92 Å². The predicted molar refractivity (Wildman–Crippen MR) is 82.3 cm³/mol. The Labute approximate surface area is 133 Å². The van der Waals surface area contributed by atoms with Crippen molar-refractivity contribution in [3.63, 3.8) is 0 Å². The van der Waals surface area contributed by atoms with Gasteiger partial charge in [-0.15, -0.1) is 0 Å². The van der Waals surface area contributed by atoms with Crippen LogP contribution < -0.4 is 9.83 Å². The maximum absolute atomic E-state index is 12.1. The lowest BCUT2D eigenvalue weighted by Crippen LogP contribution is -2.23. The Morgan fingerprint density at radius 1 is 1.14 bits per heavy atom. The standard InChI is InChI=1S/C15H15NO4S2/c1-10-7-8-14(22(19,20)16-2)13(9-10)21-12-6-4-3-5-11(12)15(17)18/h3-9,16H,1-2H3,(H,17,18)/p-1. The molecule has 7 heteroatoms. The number of carbonyl (C=O) groups excluding carboxylic acids is 1. The Morgan fingerprint density at radius 2 is 1.82 bits per heavy atom. The first-order chi connectivity index (χ1) is 10.3. The van der Waals surface area contributed by atoms with E-state index < -0.39 is 16.0 Å². The number of hydrogen-bond donors (Lipinski definition) is 1. The van der Waals surface area contributed by atoms with Crippen molar-refractivity contribution < 1.29 is 18.3 Å². The average molecular weight is 336 g/mol. The van der Waals surface area contributed by atoms with Gasteiger partial charge < -0.3 is 9.90 Å². The third kappa shape index (κ3) is 3.49. The number of rotatable bonds is 5. The van der Waals surface area contributed by atoms with Crippen LogP contribution in [0.5, 0.6) is 0 Å². The SMILES string of the molecule is CNS(=O)(=O)c1ccc(C)cc1Sc1ccccc1C(=O)[O-]. The molecule has 2 rings (SSSR count). The first-order valence-corrected chi connectivity index (χ1v) is 8.67. The van der Waals surface area contributed by atoms with Crippen LogP contribution in [-0.2, 0) is 10.0 Å². The van der Waals surface area contributed by atoms with Crippen molar-refractivity contribution >= 4 is 27.8 Å². The Morgan fingerprint density at radius 3 is 2.45 bits per heavy atom. The van der Waals surface area contributed by atoms with Gasteiger partial charge in [-0.3, -0.25) is 0 Å². The molecule has 0 aliphatic carbocycles. The minimum Gasteiger partial charge on any atom is -0.545 e. The summed E-state index contributed by atoms with van der Waals surface area (Å²) >= 11 is 1.09. The monoisotopic (exact) mass is 336 g/mol. The number of aromatic carboxylic acids is 1. The number of aryl methyl sites for hydroxylation is 1. The molecule has 0 atom stereocenters. The molecule has 0 spiro atoms. The van der Waals surface area contributed by atoms with Crippen molar-refractivity contribution in [2.24, 2.45) is 0 Å². The van der Waals surface area contributed by atoms with Crippen LogP contribution in [-0.4, -0.2) is 21.4 Å². The molecule has 2 aromatic rings. The highest BCUT2D eigenvalue weighted by molar-refractivity contribution is 8.00. The molecule has 0 heterocycles. The van der Waals surface area contributed by atoms with Gasteiger partial charge in [0.15, 0.2) is 0 Å². The van der Waals surface area contributed by atoms with Gasteiger partial charge in [-0.25, -0.2) is 13.1 Å². The molecule has 1 N–H and O–H groups in total. The van der Waals surface area contributed by atoms with E-state index in [1.807, 2.05) is 6.92 Å². The first kappa shape index (κ1) is 16.5. The van der Waals surface area contributed by atoms with E-state index in [2.05, 4.69) is 4.72 Å². The van der Waals surface area contributed by atoms with Gasteiger partial charge in [0, 0.05) is 15.4 Å². The Balaban J connectivity index is 2.55. The zero-order chi connectivity index (χ0) is 16.3. The van der Waals surface area contributed by atoms with Crippen molar-refractivity contribution in [2.45, 2.75) is 21.6 Å². The predicted octanol–water partition coefficient (Wildman–Crippen LogP) is 1.42. The van der Waals surface area contributed by atoms with Gasteiger partial charge in [0.25, 0.3) is 0 Å². The largest absolute Gasteiger partial charge is 0.545 e. The van der Waals surface area contributed by atoms with Crippen molar-refractivity contribution in [3.05, 3.63) is 53.6 Å². The molecule has 116 valence electrons. The van der Waals surface area contributed by atoms with E-state index in [0.29, 0.717) is 9.79 Å². The minimum absolute atomic E-state index is 0.0295. The summed E-state index contributed by atoms with van der Waals surface area (Å²) in [7, 11) is -2.30. The average Bonchev–Trinajstić information content (AvgIpc) is 2.47. The van der Waals surface area contributed by atoms with Crippen molar-refractivity contribution in [3.8, 4) is 0 Å². The van der Waals surface area contributed by atoms with Gasteiger partial charge in [-0.2, -0.15) is 0 Å². The lowest BCUT2D eigenvalue weighted by Gasteiger charge is -2.13. The number of carbonyl (C=O) groups is 1. The lowest BCUT2D eigenvalue weighted by atomic mass is 10.2. The van der Waals surface area contributed by atoms with E-state index in [0.717, 1.165) is 17.3 Å². The minimum atomic E-state index is -3.63. The van der Waals surface area contributed by atoms with Gasteiger partial charge in [0.2, 0.25) is 10.0 Å². The summed E-state index contributed by atoms with van der Waals surface area (Å²) < 4.78 is 26.4. The maximum atomic E-state index is 12.1. The second-order valence-electron chi connectivity index (χ2n) is 4.54. The normalized spacial score (nSPS) is 11.4.